The van der Waals surface area contributed by atoms with Crippen molar-refractivity contribution in [2.24, 2.45) is 0 Å². The number of hydrogen-bond acceptors (Lipinski definition) is 5. The summed E-state index contributed by atoms with van der Waals surface area (Å²) in [4.78, 5) is 19.2. The highest BCUT2D eigenvalue weighted by Crippen LogP contribution is 2.26. The Balaban J connectivity index is 1.81. The highest BCUT2D eigenvalue weighted by molar-refractivity contribution is 9.10. The lowest BCUT2D eigenvalue weighted by Gasteiger charge is -2.01. The average molecular weight is 380 g/mol. The lowest BCUT2D eigenvalue weighted by molar-refractivity contribution is -0.118. The van der Waals surface area contributed by atoms with Crippen molar-refractivity contribution in [1.29, 1.82) is 0 Å². The minimum absolute atomic E-state index is 0.0175. The molecule has 114 valence electrons. The van der Waals surface area contributed by atoms with Gasteiger partial charge in [0.25, 0.3) is 0 Å². The summed E-state index contributed by atoms with van der Waals surface area (Å²) in [6, 6.07) is 5.90. The zero-order chi connectivity index (χ0) is 15.5. The molecule has 0 bridgehead atoms. The quantitative estimate of drug-likeness (QED) is 0.665. The van der Waals surface area contributed by atoms with E-state index in [-0.39, 0.29) is 5.91 Å². The smallest absolute Gasteiger partial charge is 0.230 e. The van der Waals surface area contributed by atoms with Gasteiger partial charge >= 0.3 is 0 Å². The van der Waals surface area contributed by atoms with Crippen LogP contribution in [0.25, 0.3) is 22.1 Å². The molecule has 2 N–H and O–H groups in total. The molecule has 0 radical (unpaired) electrons. The molecule has 0 spiro atoms. The second kappa shape index (κ2) is 6.62. The Morgan fingerprint density at radius 3 is 3.09 bits per heavy atom. The van der Waals surface area contributed by atoms with Crippen molar-refractivity contribution in [3.8, 4) is 0 Å². The molecule has 2 heterocycles. The van der Waals surface area contributed by atoms with Crippen molar-refractivity contribution < 1.29 is 4.79 Å². The lowest BCUT2D eigenvalue weighted by atomic mass is 10.2. The maximum Gasteiger partial charge on any atom is 0.230 e. The fourth-order valence-electron chi connectivity index (χ4n) is 2.04. The van der Waals surface area contributed by atoms with Gasteiger partial charge in [0.15, 0.2) is 5.65 Å². The first-order chi connectivity index (χ1) is 10.7. The molecule has 1 aromatic carbocycles. The molecule has 0 aliphatic carbocycles. The van der Waals surface area contributed by atoms with E-state index in [1.165, 1.54) is 11.8 Å². The van der Waals surface area contributed by atoms with Crippen LogP contribution in [0.15, 0.2) is 27.8 Å². The van der Waals surface area contributed by atoms with Crippen molar-refractivity contribution in [2.45, 2.75) is 18.5 Å². The molecule has 8 heteroatoms. The fourth-order valence-corrected chi connectivity index (χ4v) is 3.01. The van der Waals surface area contributed by atoms with Crippen LogP contribution in [0, 0.1) is 0 Å². The number of carbonyl (C=O) groups is 1. The van der Waals surface area contributed by atoms with Gasteiger partial charge < -0.3 is 10.3 Å². The number of halogens is 1. The molecule has 1 amide bonds. The number of nitrogens with one attached hydrogen (secondary N) is 2. The molecule has 0 atom stereocenters. The van der Waals surface area contributed by atoms with Gasteiger partial charge in [-0.3, -0.25) is 4.79 Å². The zero-order valence-corrected chi connectivity index (χ0v) is 14.3. The third kappa shape index (κ3) is 3.22. The van der Waals surface area contributed by atoms with Crippen molar-refractivity contribution in [2.75, 3.05) is 12.3 Å². The van der Waals surface area contributed by atoms with E-state index in [0.717, 1.165) is 27.3 Å². The Kier molecular flexibility index (Phi) is 4.58. The van der Waals surface area contributed by atoms with Crippen molar-refractivity contribution >= 4 is 55.7 Å². The van der Waals surface area contributed by atoms with Crippen LogP contribution in [-0.4, -0.2) is 38.4 Å². The van der Waals surface area contributed by atoms with E-state index in [1.54, 1.807) is 0 Å². The number of amides is 1. The summed E-state index contributed by atoms with van der Waals surface area (Å²) in [5.41, 5.74) is 2.37. The number of carbonyl (C=O) groups excluding carboxylic acids is 1. The summed E-state index contributed by atoms with van der Waals surface area (Å²) >= 11 is 4.73. The molecule has 0 aliphatic rings. The highest BCUT2D eigenvalue weighted by atomic mass is 79.9. The molecular weight excluding hydrogens is 366 g/mol. The normalized spacial score (nSPS) is 11.2. The summed E-state index contributed by atoms with van der Waals surface area (Å²) in [5, 5.41) is 12.6. The van der Waals surface area contributed by atoms with Gasteiger partial charge in [0.1, 0.15) is 5.52 Å². The van der Waals surface area contributed by atoms with Gasteiger partial charge in [-0.25, -0.2) is 4.98 Å². The molecule has 3 aromatic rings. The van der Waals surface area contributed by atoms with Gasteiger partial charge in [-0.05, 0) is 24.6 Å². The number of fused-ring (bicyclic) bond motifs is 3. The lowest BCUT2D eigenvalue weighted by Crippen LogP contribution is -2.25. The van der Waals surface area contributed by atoms with E-state index >= 15 is 0 Å². The van der Waals surface area contributed by atoms with Crippen LogP contribution in [-0.2, 0) is 4.79 Å². The number of aromatic amines is 1. The highest BCUT2D eigenvalue weighted by Gasteiger charge is 2.11. The van der Waals surface area contributed by atoms with E-state index in [2.05, 4.69) is 41.4 Å². The summed E-state index contributed by atoms with van der Waals surface area (Å²) in [5.74, 6) is 0.273. The second-order valence-electron chi connectivity index (χ2n) is 4.75. The topological polar surface area (TPSA) is 83.6 Å². The van der Waals surface area contributed by atoms with Crippen LogP contribution in [0.3, 0.4) is 0 Å². The Morgan fingerprint density at radius 2 is 2.27 bits per heavy atom. The van der Waals surface area contributed by atoms with Crippen LogP contribution < -0.4 is 5.32 Å². The third-order valence-corrected chi connectivity index (χ3v) is 4.39. The van der Waals surface area contributed by atoms with Gasteiger partial charge in [-0.15, -0.1) is 10.2 Å². The monoisotopic (exact) mass is 379 g/mol. The molecule has 0 aliphatic heterocycles. The predicted molar refractivity (Wildman–Crippen MR) is 90.9 cm³/mol. The van der Waals surface area contributed by atoms with Crippen molar-refractivity contribution in [3.63, 3.8) is 0 Å². The van der Waals surface area contributed by atoms with E-state index in [9.17, 15) is 4.79 Å². The number of thioether (sulfide) groups is 1. The molecule has 6 nitrogen and oxygen atoms in total. The predicted octanol–water partition coefficient (Wildman–Crippen LogP) is 2.89. The Hall–Kier alpha value is -1.67. The number of hydrogen-bond donors (Lipinski definition) is 2. The number of H-pyrrole nitrogens is 1. The molecule has 0 saturated carbocycles. The first-order valence-electron chi connectivity index (χ1n) is 6.88. The summed E-state index contributed by atoms with van der Waals surface area (Å²) < 4.78 is 0.980. The first-order valence-corrected chi connectivity index (χ1v) is 8.66. The molecule has 3 rings (SSSR count). The number of benzene rings is 1. The Labute approximate surface area is 139 Å². The van der Waals surface area contributed by atoms with Gasteiger partial charge in [0.05, 0.1) is 5.75 Å². The van der Waals surface area contributed by atoms with Crippen molar-refractivity contribution in [3.05, 3.63) is 22.7 Å². The van der Waals surface area contributed by atoms with E-state index in [1.807, 2.05) is 25.1 Å². The van der Waals surface area contributed by atoms with Crippen LogP contribution in [0.2, 0.25) is 0 Å². The molecule has 0 fully saturated rings. The summed E-state index contributed by atoms with van der Waals surface area (Å²) in [7, 11) is 0. The first kappa shape index (κ1) is 15.2. The van der Waals surface area contributed by atoms with Crippen LogP contribution in [0.5, 0.6) is 0 Å². The van der Waals surface area contributed by atoms with E-state index < -0.39 is 0 Å². The van der Waals surface area contributed by atoms with Crippen LogP contribution in [0.4, 0.5) is 0 Å². The van der Waals surface area contributed by atoms with E-state index in [4.69, 9.17) is 0 Å². The third-order valence-electron chi connectivity index (χ3n) is 3.06. The van der Waals surface area contributed by atoms with Gasteiger partial charge in [0.2, 0.25) is 11.1 Å². The standard InChI is InChI=1S/C14H14BrN5OS/c1-2-5-16-11(21)7-22-14-18-13-12(19-20-14)9-6-8(15)3-4-10(9)17-13/h3-4,6H,2,5,7H2,1H3,(H,16,21)(H,17,18,20). The molecule has 0 saturated heterocycles. The van der Waals surface area contributed by atoms with Crippen molar-refractivity contribution in [1.82, 2.24) is 25.5 Å². The van der Waals surface area contributed by atoms with Gasteiger partial charge in [-0.2, -0.15) is 0 Å². The number of nitrogens with zero attached hydrogens (tertiary/aromatic N) is 3. The molecule has 0 unspecified atom stereocenters. The second-order valence-corrected chi connectivity index (χ2v) is 6.60. The molecule has 22 heavy (non-hydrogen) atoms. The molecule has 2 aromatic heterocycles. The minimum Gasteiger partial charge on any atom is -0.355 e. The van der Waals surface area contributed by atoms with Gasteiger partial charge in [-0.1, -0.05) is 34.6 Å². The maximum absolute atomic E-state index is 11.6. The number of aromatic nitrogens is 4. The fraction of sp³-hybridized carbons (Fsp3) is 0.286. The Morgan fingerprint density at radius 1 is 1.41 bits per heavy atom. The maximum atomic E-state index is 11.6. The van der Waals surface area contributed by atoms with E-state index in [0.29, 0.717) is 23.1 Å². The minimum atomic E-state index is -0.0175. The average Bonchev–Trinajstić information content (AvgIpc) is 2.88. The van der Waals surface area contributed by atoms with Crippen LogP contribution in [0.1, 0.15) is 13.3 Å². The SMILES string of the molecule is CCCNC(=O)CSc1nnc2c(n1)[nH]c1ccc(Br)cc12. The molecular formula is C14H14BrN5OS. The Bertz CT molecular complexity index is 835. The number of rotatable bonds is 5. The largest absolute Gasteiger partial charge is 0.355 e. The summed E-state index contributed by atoms with van der Waals surface area (Å²) in [6.45, 7) is 2.71. The van der Waals surface area contributed by atoms with Crippen LogP contribution >= 0.6 is 27.7 Å². The van der Waals surface area contributed by atoms with Gasteiger partial charge in [0, 0.05) is 21.9 Å². The summed E-state index contributed by atoms with van der Waals surface area (Å²) in [6.07, 6.45) is 0.922. The zero-order valence-electron chi connectivity index (χ0n) is 11.9.